The van der Waals surface area contributed by atoms with E-state index >= 15 is 0 Å². The number of ether oxygens (including phenoxy) is 1. The number of hydrogen-bond donors (Lipinski definition) is 3. The number of amides is 2. The molecule has 2 amide bonds. The van der Waals surface area contributed by atoms with Crippen LogP contribution >= 0.6 is 0 Å². The van der Waals surface area contributed by atoms with Crippen molar-refractivity contribution >= 4 is 44.9 Å². The Morgan fingerprint density at radius 2 is 1.68 bits per heavy atom. The number of primary amides is 1. The maximum Gasteiger partial charge on any atom is 0.254 e. The molecule has 1 saturated heterocycles. The number of morpholine rings is 1. The SMILES string of the molecule is CC(=N)C(=C(C)N)c1cc(C(N)=O)c2c(c1)c1ccc(C(=O)N3CC(C)OC(C)C3)cc1n2CC1CC1. The second-order valence-electron chi connectivity index (χ2n) is 10.7. The number of benzene rings is 2. The number of rotatable bonds is 6. The minimum atomic E-state index is -0.532. The smallest absolute Gasteiger partial charge is 0.254 e. The van der Waals surface area contributed by atoms with E-state index in [0.29, 0.717) is 52.7 Å². The van der Waals surface area contributed by atoms with Crippen LogP contribution in [0.4, 0.5) is 0 Å². The Bertz CT molecular complexity index is 1470. The van der Waals surface area contributed by atoms with Crippen LogP contribution in [-0.4, -0.2) is 52.3 Å². The highest BCUT2D eigenvalue weighted by Crippen LogP contribution is 2.39. The van der Waals surface area contributed by atoms with Crippen molar-refractivity contribution < 1.29 is 14.3 Å². The number of allylic oxidation sites excluding steroid dienone is 2. The van der Waals surface area contributed by atoms with Crippen LogP contribution in [0.5, 0.6) is 0 Å². The molecule has 0 spiro atoms. The van der Waals surface area contributed by atoms with E-state index in [1.165, 1.54) is 0 Å². The molecule has 2 fully saturated rings. The summed E-state index contributed by atoms with van der Waals surface area (Å²) in [6, 6.07) is 9.51. The summed E-state index contributed by atoms with van der Waals surface area (Å²) in [7, 11) is 0. The van der Waals surface area contributed by atoms with Gasteiger partial charge in [0, 0.05) is 58.5 Å². The topological polar surface area (TPSA) is 127 Å². The molecule has 1 saturated carbocycles. The van der Waals surface area contributed by atoms with Gasteiger partial charge in [0.1, 0.15) is 0 Å². The quantitative estimate of drug-likeness (QED) is 0.436. The van der Waals surface area contributed by atoms with Gasteiger partial charge in [0.25, 0.3) is 11.8 Å². The Morgan fingerprint density at radius 3 is 2.24 bits per heavy atom. The summed E-state index contributed by atoms with van der Waals surface area (Å²) >= 11 is 0. The molecule has 2 atom stereocenters. The first-order valence-corrected chi connectivity index (χ1v) is 12.9. The Labute approximate surface area is 216 Å². The zero-order chi connectivity index (χ0) is 26.6. The number of nitrogens with one attached hydrogen (secondary N) is 1. The molecule has 2 aromatic carbocycles. The van der Waals surface area contributed by atoms with Crippen molar-refractivity contribution in [3.8, 4) is 0 Å². The Kier molecular flexibility index (Phi) is 6.31. The third-order valence-corrected chi connectivity index (χ3v) is 7.37. The van der Waals surface area contributed by atoms with Gasteiger partial charge in [-0.05, 0) is 76.3 Å². The minimum absolute atomic E-state index is 0.0140. The molecule has 0 radical (unpaired) electrons. The van der Waals surface area contributed by atoms with Gasteiger partial charge in [0.2, 0.25) is 0 Å². The zero-order valence-corrected chi connectivity index (χ0v) is 21.9. The fourth-order valence-electron chi connectivity index (χ4n) is 5.71. The van der Waals surface area contributed by atoms with Crippen LogP contribution in [0.3, 0.4) is 0 Å². The standard InChI is InChI=1S/C29H35N5O3/c1-15-12-33(13-16(2)37-15)29(36)20-7-8-22-23-9-21(26(17(3)30)18(4)31)10-24(28(32)35)27(23)34(25(22)11-20)14-19-5-6-19/h7-11,15-16,19,30H,5-6,12-14,31H2,1-4H3,(H2,32,35). The maximum absolute atomic E-state index is 13.5. The van der Waals surface area contributed by atoms with Gasteiger partial charge in [-0.15, -0.1) is 0 Å². The first-order valence-electron chi connectivity index (χ1n) is 12.9. The number of aromatic nitrogens is 1. The lowest BCUT2D eigenvalue weighted by Gasteiger charge is -2.35. The van der Waals surface area contributed by atoms with Crippen LogP contribution in [0.15, 0.2) is 36.0 Å². The van der Waals surface area contributed by atoms with Gasteiger partial charge in [0.05, 0.1) is 23.3 Å². The highest BCUT2D eigenvalue weighted by molar-refractivity contribution is 6.24. The lowest BCUT2D eigenvalue weighted by atomic mass is 9.95. The first kappa shape index (κ1) is 25.0. The second kappa shape index (κ2) is 9.34. The van der Waals surface area contributed by atoms with Crippen LogP contribution in [0, 0.1) is 11.3 Å². The number of hydrogen-bond acceptors (Lipinski definition) is 5. The monoisotopic (exact) mass is 501 g/mol. The second-order valence-corrected chi connectivity index (χ2v) is 10.7. The number of carbonyl (C=O) groups is 2. The molecule has 194 valence electrons. The normalized spacial score (nSPS) is 20.8. The summed E-state index contributed by atoms with van der Waals surface area (Å²) in [5, 5.41) is 10.1. The molecular formula is C29H35N5O3. The van der Waals surface area contributed by atoms with Crippen molar-refractivity contribution in [2.75, 3.05) is 13.1 Å². The van der Waals surface area contributed by atoms with Gasteiger partial charge in [-0.1, -0.05) is 6.07 Å². The van der Waals surface area contributed by atoms with Crippen molar-refractivity contribution in [2.45, 2.75) is 59.3 Å². The zero-order valence-electron chi connectivity index (χ0n) is 21.9. The van der Waals surface area contributed by atoms with Crippen LogP contribution in [0.25, 0.3) is 27.4 Å². The number of carbonyl (C=O) groups excluding carboxylic acids is 2. The molecule has 2 heterocycles. The van der Waals surface area contributed by atoms with Crippen LogP contribution in [-0.2, 0) is 11.3 Å². The summed E-state index contributed by atoms with van der Waals surface area (Å²) in [5.41, 5.74) is 16.8. The first-order chi connectivity index (χ1) is 17.5. The molecule has 0 bridgehead atoms. The molecule has 1 aromatic heterocycles. The molecule has 2 unspecified atom stereocenters. The van der Waals surface area contributed by atoms with E-state index in [4.69, 9.17) is 21.6 Å². The summed E-state index contributed by atoms with van der Waals surface area (Å²) in [4.78, 5) is 28.1. The molecule has 37 heavy (non-hydrogen) atoms. The third-order valence-electron chi connectivity index (χ3n) is 7.37. The predicted octanol–water partition coefficient (Wildman–Crippen LogP) is 4.28. The molecular weight excluding hydrogens is 466 g/mol. The highest BCUT2D eigenvalue weighted by atomic mass is 16.5. The molecule has 5 rings (SSSR count). The molecule has 5 N–H and O–H groups in total. The van der Waals surface area contributed by atoms with Crippen molar-refractivity contribution in [3.05, 3.63) is 52.7 Å². The molecule has 2 aliphatic rings. The van der Waals surface area contributed by atoms with E-state index in [-0.39, 0.29) is 18.1 Å². The summed E-state index contributed by atoms with van der Waals surface area (Å²) in [6.45, 7) is 9.26. The Hall–Kier alpha value is -3.65. The molecule has 1 aliphatic heterocycles. The molecule has 8 nitrogen and oxygen atoms in total. The van der Waals surface area contributed by atoms with Crippen LogP contribution in [0.1, 0.15) is 66.8 Å². The number of nitrogens with zero attached hydrogens (tertiary/aromatic N) is 2. The average molecular weight is 502 g/mol. The van der Waals surface area contributed by atoms with Gasteiger partial charge in [-0.25, -0.2) is 0 Å². The fourth-order valence-corrected chi connectivity index (χ4v) is 5.71. The van der Waals surface area contributed by atoms with Crippen molar-refractivity contribution in [2.24, 2.45) is 17.4 Å². The van der Waals surface area contributed by atoms with E-state index < -0.39 is 5.91 Å². The maximum atomic E-state index is 13.5. The third kappa shape index (κ3) is 4.62. The van der Waals surface area contributed by atoms with Gasteiger partial charge in [-0.3, -0.25) is 9.59 Å². The average Bonchev–Trinajstić information content (AvgIpc) is 3.59. The van der Waals surface area contributed by atoms with E-state index in [0.717, 1.165) is 41.2 Å². The van der Waals surface area contributed by atoms with Gasteiger partial charge in [0.15, 0.2) is 0 Å². The van der Waals surface area contributed by atoms with E-state index in [1.54, 1.807) is 19.9 Å². The molecule has 8 heteroatoms. The van der Waals surface area contributed by atoms with Gasteiger partial charge < -0.3 is 31.1 Å². The molecule has 1 aliphatic carbocycles. The lowest BCUT2D eigenvalue weighted by Crippen LogP contribution is -2.48. The van der Waals surface area contributed by atoms with E-state index in [1.807, 2.05) is 43.0 Å². The highest BCUT2D eigenvalue weighted by Gasteiger charge is 2.29. The minimum Gasteiger partial charge on any atom is -0.402 e. The Morgan fingerprint density at radius 1 is 1.00 bits per heavy atom. The summed E-state index contributed by atoms with van der Waals surface area (Å²) < 4.78 is 7.97. The summed E-state index contributed by atoms with van der Waals surface area (Å²) in [5.74, 6) is -0.0210. The van der Waals surface area contributed by atoms with Gasteiger partial charge >= 0.3 is 0 Å². The van der Waals surface area contributed by atoms with Crippen LogP contribution in [0.2, 0.25) is 0 Å². The van der Waals surface area contributed by atoms with E-state index in [9.17, 15) is 9.59 Å². The predicted molar refractivity (Wildman–Crippen MR) is 147 cm³/mol. The fraction of sp³-hybridized carbons (Fsp3) is 0.414. The number of fused-ring (bicyclic) bond motifs is 3. The molecule has 3 aromatic rings. The summed E-state index contributed by atoms with van der Waals surface area (Å²) in [6.07, 6.45) is 2.25. The van der Waals surface area contributed by atoms with E-state index in [2.05, 4.69) is 4.57 Å². The van der Waals surface area contributed by atoms with Crippen molar-refractivity contribution in [1.82, 2.24) is 9.47 Å². The van der Waals surface area contributed by atoms with Gasteiger partial charge in [-0.2, -0.15) is 0 Å². The van der Waals surface area contributed by atoms with Crippen LogP contribution < -0.4 is 11.5 Å². The number of nitrogens with two attached hydrogens (primary N) is 2. The lowest BCUT2D eigenvalue weighted by molar-refractivity contribution is -0.0586. The van der Waals surface area contributed by atoms with Crippen molar-refractivity contribution in [3.63, 3.8) is 0 Å². The Balaban J connectivity index is 1.73. The van der Waals surface area contributed by atoms with Crippen molar-refractivity contribution in [1.29, 1.82) is 5.41 Å². The largest absolute Gasteiger partial charge is 0.402 e.